The summed E-state index contributed by atoms with van der Waals surface area (Å²) in [4.78, 5) is 10.2. The van der Waals surface area contributed by atoms with Gasteiger partial charge in [0.05, 0.1) is 0 Å². The Balaban J connectivity index is 2.65. The highest BCUT2D eigenvalue weighted by molar-refractivity contribution is 5.32. The molecule has 0 aliphatic rings. The molecule has 0 N–H and O–H groups in total. The van der Waals surface area contributed by atoms with Gasteiger partial charge in [0.15, 0.2) is 0 Å². The standard InChI is InChI=1S/C11H16N4/c1-9(2)5-7-15(3)11-13-6-4-10(8-12)14-11/h4,6,9H,5,7H2,1-3H3. The van der Waals surface area contributed by atoms with Crippen LogP contribution in [-0.4, -0.2) is 23.6 Å². The number of nitriles is 1. The van der Waals surface area contributed by atoms with Crippen LogP contribution >= 0.6 is 0 Å². The van der Waals surface area contributed by atoms with E-state index in [1.165, 1.54) is 0 Å². The van der Waals surface area contributed by atoms with Crippen molar-refractivity contribution in [1.29, 1.82) is 5.26 Å². The van der Waals surface area contributed by atoms with E-state index in [0.717, 1.165) is 13.0 Å². The van der Waals surface area contributed by atoms with Crippen LogP contribution in [0.15, 0.2) is 12.3 Å². The Bertz CT molecular complexity index is 354. The predicted octanol–water partition coefficient (Wildman–Crippen LogP) is 1.83. The molecule has 80 valence electrons. The third-order valence-electron chi connectivity index (χ3n) is 2.14. The number of hydrogen-bond acceptors (Lipinski definition) is 4. The molecule has 0 fully saturated rings. The largest absolute Gasteiger partial charge is 0.344 e. The summed E-state index contributed by atoms with van der Waals surface area (Å²) in [7, 11) is 1.94. The molecule has 0 unspecified atom stereocenters. The molecule has 1 aromatic rings. The van der Waals surface area contributed by atoms with Gasteiger partial charge in [-0.1, -0.05) is 13.8 Å². The van der Waals surface area contributed by atoms with Crippen molar-refractivity contribution in [3.8, 4) is 6.07 Å². The van der Waals surface area contributed by atoms with Crippen molar-refractivity contribution in [2.24, 2.45) is 5.92 Å². The minimum Gasteiger partial charge on any atom is -0.344 e. The molecule has 0 amide bonds. The molecule has 0 radical (unpaired) electrons. The van der Waals surface area contributed by atoms with Crippen LogP contribution in [-0.2, 0) is 0 Å². The Kier molecular flexibility index (Phi) is 4.04. The molecule has 0 spiro atoms. The van der Waals surface area contributed by atoms with Gasteiger partial charge in [0.1, 0.15) is 11.8 Å². The summed E-state index contributed by atoms with van der Waals surface area (Å²) in [6.45, 7) is 5.27. The normalized spacial score (nSPS) is 10.1. The van der Waals surface area contributed by atoms with E-state index in [1.807, 2.05) is 18.0 Å². The molecule has 4 heteroatoms. The van der Waals surface area contributed by atoms with E-state index < -0.39 is 0 Å². The summed E-state index contributed by atoms with van der Waals surface area (Å²) in [6.07, 6.45) is 2.71. The third-order valence-corrected chi connectivity index (χ3v) is 2.14. The zero-order valence-electron chi connectivity index (χ0n) is 9.44. The molecule has 0 saturated carbocycles. The average Bonchev–Trinajstić information content (AvgIpc) is 2.26. The fraction of sp³-hybridized carbons (Fsp3) is 0.545. The van der Waals surface area contributed by atoms with Gasteiger partial charge in [-0.25, -0.2) is 9.97 Å². The highest BCUT2D eigenvalue weighted by Crippen LogP contribution is 2.08. The molecule has 0 aliphatic carbocycles. The van der Waals surface area contributed by atoms with E-state index in [0.29, 0.717) is 17.6 Å². The van der Waals surface area contributed by atoms with Crippen molar-refractivity contribution < 1.29 is 0 Å². The van der Waals surface area contributed by atoms with E-state index >= 15 is 0 Å². The topological polar surface area (TPSA) is 52.8 Å². The van der Waals surface area contributed by atoms with Crippen LogP contribution < -0.4 is 4.90 Å². The third kappa shape index (κ3) is 3.55. The Hall–Kier alpha value is -1.63. The lowest BCUT2D eigenvalue weighted by Gasteiger charge is -2.17. The highest BCUT2D eigenvalue weighted by atomic mass is 15.2. The van der Waals surface area contributed by atoms with Gasteiger partial charge in [0, 0.05) is 19.8 Å². The van der Waals surface area contributed by atoms with Crippen molar-refractivity contribution in [1.82, 2.24) is 9.97 Å². The summed E-state index contributed by atoms with van der Waals surface area (Å²) < 4.78 is 0. The van der Waals surface area contributed by atoms with Crippen LogP contribution in [0.3, 0.4) is 0 Å². The van der Waals surface area contributed by atoms with E-state index in [-0.39, 0.29) is 0 Å². The second kappa shape index (κ2) is 5.30. The first-order valence-corrected chi connectivity index (χ1v) is 5.07. The zero-order valence-corrected chi connectivity index (χ0v) is 9.44. The van der Waals surface area contributed by atoms with Crippen LogP contribution in [0, 0.1) is 17.2 Å². The molecule has 0 atom stereocenters. The van der Waals surface area contributed by atoms with E-state index in [9.17, 15) is 0 Å². The zero-order chi connectivity index (χ0) is 11.3. The van der Waals surface area contributed by atoms with Crippen LogP contribution in [0.2, 0.25) is 0 Å². The van der Waals surface area contributed by atoms with Crippen molar-refractivity contribution in [3.05, 3.63) is 18.0 Å². The number of rotatable bonds is 4. The fourth-order valence-corrected chi connectivity index (χ4v) is 1.15. The molecule has 1 aromatic heterocycles. The quantitative estimate of drug-likeness (QED) is 0.750. The summed E-state index contributed by atoms with van der Waals surface area (Å²) in [5.74, 6) is 1.28. The molecule has 0 saturated heterocycles. The molecule has 0 aliphatic heterocycles. The Labute approximate surface area is 90.6 Å². The Morgan fingerprint density at radius 1 is 1.53 bits per heavy atom. The molecule has 15 heavy (non-hydrogen) atoms. The minimum absolute atomic E-state index is 0.413. The maximum atomic E-state index is 8.70. The summed E-state index contributed by atoms with van der Waals surface area (Å²) in [5, 5.41) is 8.70. The lowest BCUT2D eigenvalue weighted by atomic mass is 10.1. The first-order valence-electron chi connectivity index (χ1n) is 5.07. The van der Waals surface area contributed by atoms with Gasteiger partial charge in [0.2, 0.25) is 5.95 Å². The fourth-order valence-electron chi connectivity index (χ4n) is 1.15. The summed E-state index contributed by atoms with van der Waals surface area (Å²) in [6, 6.07) is 3.62. The summed E-state index contributed by atoms with van der Waals surface area (Å²) >= 11 is 0. The average molecular weight is 204 g/mol. The van der Waals surface area contributed by atoms with Crippen molar-refractivity contribution >= 4 is 5.95 Å². The van der Waals surface area contributed by atoms with Crippen molar-refractivity contribution in [2.45, 2.75) is 20.3 Å². The van der Waals surface area contributed by atoms with E-state index in [2.05, 4.69) is 23.8 Å². The maximum absolute atomic E-state index is 8.70. The Morgan fingerprint density at radius 3 is 2.87 bits per heavy atom. The number of aromatic nitrogens is 2. The van der Waals surface area contributed by atoms with Gasteiger partial charge in [-0.3, -0.25) is 0 Å². The van der Waals surface area contributed by atoms with Crippen molar-refractivity contribution in [2.75, 3.05) is 18.5 Å². The van der Waals surface area contributed by atoms with Gasteiger partial charge in [-0.15, -0.1) is 0 Å². The van der Waals surface area contributed by atoms with Gasteiger partial charge in [-0.2, -0.15) is 5.26 Å². The second-order valence-electron chi connectivity index (χ2n) is 3.96. The second-order valence-corrected chi connectivity index (χ2v) is 3.96. The lowest BCUT2D eigenvalue weighted by molar-refractivity contribution is 0.581. The van der Waals surface area contributed by atoms with Crippen LogP contribution in [0.25, 0.3) is 0 Å². The first kappa shape index (κ1) is 11.4. The predicted molar refractivity (Wildman–Crippen MR) is 59.5 cm³/mol. The number of nitrogens with zero attached hydrogens (tertiary/aromatic N) is 4. The van der Waals surface area contributed by atoms with Gasteiger partial charge >= 0.3 is 0 Å². The van der Waals surface area contributed by atoms with Crippen LogP contribution in [0.5, 0.6) is 0 Å². The smallest absolute Gasteiger partial charge is 0.226 e. The highest BCUT2D eigenvalue weighted by Gasteiger charge is 2.05. The Morgan fingerprint density at radius 2 is 2.27 bits per heavy atom. The molecule has 1 heterocycles. The lowest BCUT2D eigenvalue weighted by Crippen LogP contribution is -2.22. The molecular formula is C11H16N4. The monoisotopic (exact) mass is 204 g/mol. The SMILES string of the molecule is CC(C)CCN(C)c1nccc(C#N)n1. The van der Waals surface area contributed by atoms with Gasteiger partial charge in [0.25, 0.3) is 0 Å². The number of hydrogen-bond donors (Lipinski definition) is 0. The molecule has 4 nitrogen and oxygen atoms in total. The van der Waals surface area contributed by atoms with Gasteiger partial charge in [-0.05, 0) is 18.4 Å². The van der Waals surface area contributed by atoms with Crippen LogP contribution in [0.1, 0.15) is 26.0 Å². The number of anilines is 1. The van der Waals surface area contributed by atoms with Gasteiger partial charge < -0.3 is 4.90 Å². The molecule has 0 aromatic carbocycles. The minimum atomic E-state index is 0.413. The first-order chi connectivity index (χ1) is 7.13. The summed E-state index contributed by atoms with van der Waals surface area (Å²) in [5.41, 5.74) is 0.413. The van der Waals surface area contributed by atoms with E-state index in [1.54, 1.807) is 12.3 Å². The molecule has 1 rings (SSSR count). The van der Waals surface area contributed by atoms with E-state index in [4.69, 9.17) is 5.26 Å². The maximum Gasteiger partial charge on any atom is 0.226 e. The molecule has 0 bridgehead atoms. The van der Waals surface area contributed by atoms with Crippen molar-refractivity contribution in [3.63, 3.8) is 0 Å². The van der Waals surface area contributed by atoms with Crippen LogP contribution in [0.4, 0.5) is 5.95 Å². The molecular weight excluding hydrogens is 188 g/mol.